The minimum atomic E-state index is -0.887. The van der Waals surface area contributed by atoms with E-state index in [0.717, 1.165) is 29.8 Å². The number of aromatic carboxylic acids is 1. The number of carboxylic acid groups (broad SMARTS) is 1. The number of para-hydroxylation sites is 1. The second kappa shape index (κ2) is 4.18. The van der Waals surface area contributed by atoms with Crippen LogP contribution in [-0.2, 0) is 6.42 Å². The number of hydrogen-bond acceptors (Lipinski definition) is 1. The summed E-state index contributed by atoms with van der Waals surface area (Å²) < 4.78 is 1.81. The van der Waals surface area contributed by atoms with Crippen LogP contribution in [0, 0.1) is 0 Å². The van der Waals surface area contributed by atoms with Gasteiger partial charge >= 0.3 is 5.97 Å². The number of carboxylic acids is 1. The van der Waals surface area contributed by atoms with Gasteiger partial charge in [0.1, 0.15) is 5.69 Å². The number of aryl methyl sites for hydroxylation is 1. The van der Waals surface area contributed by atoms with E-state index in [-0.39, 0.29) is 0 Å². The molecular weight excluding hydrogens is 226 g/mol. The fraction of sp³-hybridized carbons (Fsp3) is 0.133. The smallest absolute Gasteiger partial charge is 0.352 e. The fourth-order valence-corrected chi connectivity index (χ4v) is 2.41. The largest absolute Gasteiger partial charge is 0.477 e. The molecule has 3 rings (SSSR count). The molecule has 1 aliphatic rings. The average molecular weight is 239 g/mol. The molecule has 0 amide bonds. The van der Waals surface area contributed by atoms with Crippen LogP contribution in [0.25, 0.3) is 11.8 Å². The van der Waals surface area contributed by atoms with Crippen LogP contribution in [0.5, 0.6) is 0 Å². The summed E-state index contributed by atoms with van der Waals surface area (Å²) in [6, 6.07) is 11.4. The van der Waals surface area contributed by atoms with Crippen LogP contribution in [0.2, 0.25) is 0 Å². The van der Waals surface area contributed by atoms with E-state index in [4.69, 9.17) is 0 Å². The van der Waals surface area contributed by atoms with E-state index in [0.29, 0.717) is 5.69 Å². The van der Waals surface area contributed by atoms with Crippen molar-refractivity contribution in [2.24, 2.45) is 0 Å². The Morgan fingerprint density at radius 1 is 1.22 bits per heavy atom. The Bertz CT molecular complexity index is 623. The first kappa shape index (κ1) is 10.8. The van der Waals surface area contributed by atoms with Gasteiger partial charge < -0.3 is 9.67 Å². The Kier molecular flexibility index (Phi) is 2.52. The van der Waals surface area contributed by atoms with Crippen LogP contribution in [0.4, 0.5) is 0 Å². The van der Waals surface area contributed by atoms with Crippen LogP contribution in [0.3, 0.4) is 0 Å². The molecule has 3 heteroatoms. The molecule has 0 spiro atoms. The summed E-state index contributed by atoms with van der Waals surface area (Å²) in [7, 11) is 0. The van der Waals surface area contributed by atoms with Gasteiger partial charge in [0.05, 0.1) is 0 Å². The van der Waals surface area contributed by atoms with E-state index in [9.17, 15) is 9.90 Å². The lowest BCUT2D eigenvalue weighted by Crippen LogP contribution is -2.08. The predicted molar refractivity (Wildman–Crippen MR) is 70.1 cm³/mol. The summed E-state index contributed by atoms with van der Waals surface area (Å²) >= 11 is 0. The highest BCUT2D eigenvalue weighted by atomic mass is 16.4. The molecule has 0 saturated carbocycles. The molecule has 90 valence electrons. The molecule has 2 aromatic rings. The number of aromatic nitrogens is 1. The number of rotatable bonds is 2. The predicted octanol–water partition coefficient (Wildman–Crippen LogP) is 3.13. The molecule has 1 aromatic heterocycles. The lowest BCUT2D eigenvalue weighted by molar-refractivity contribution is 0.0688. The molecule has 0 atom stereocenters. The van der Waals surface area contributed by atoms with Crippen molar-refractivity contribution in [3.8, 4) is 5.69 Å². The number of carbonyl (C=O) groups is 1. The third kappa shape index (κ3) is 1.64. The summed E-state index contributed by atoms with van der Waals surface area (Å²) in [5.41, 5.74) is 3.32. The van der Waals surface area contributed by atoms with Gasteiger partial charge in [-0.05, 0) is 42.7 Å². The van der Waals surface area contributed by atoms with Gasteiger partial charge in [-0.2, -0.15) is 0 Å². The first-order chi connectivity index (χ1) is 8.77. The van der Waals surface area contributed by atoms with Gasteiger partial charge in [0.15, 0.2) is 0 Å². The lowest BCUT2D eigenvalue weighted by atomic mass is 10.0. The number of benzene rings is 1. The molecule has 1 heterocycles. The Morgan fingerprint density at radius 3 is 2.72 bits per heavy atom. The molecule has 1 N–H and O–H groups in total. The molecule has 0 radical (unpaired) electrons. The summed E-state index contributed by atoms with van der Waals surface area (Å²) in [5, 5.41) is 9.33. The SMILES string of the molecule is O=C(O)c1cc2c(n1-c1ccccc1)C=CCC2. The third-order valence-corrected chi connectivity index (χ3v) is 3.21. The zero-order chi connectivity index (χ0) is 12.5. The van der Waals surface area contributed by atoms with Crippen LogP contribution in [0.15, 0.2) is 42.5 Å². The molecule has 0 saturated heterocycles. The third-order valence-electron chi connectivity index (χ3n) is 3.21. The Hall–Kier alpha value is -2.29. The van der Waals surface area contributed by atoms with Gasteiger partial charge in [0.2, 0.25) is 0 Å². The maximum Gasteiger partial charge on any atom is 0.352 e. The van der Waals surface area contributed by atoms with E-state index in [1.165, 1.54) is 0 Å². The standard InChI is InChI=1S/C15H13NO2/c17-15(18)14-10-11-6-4-5-9-13(11)16(14)12-7-2-1-3-8-12/h1-3,5,7-10H,4,6H2,(H,17,18). The van der Waals surface area contributed by atoms with Crippen molar-refractivity contribution in [1.29, 1.82) is 0 Å². The van der Waals surface area contributed by atoms with Crippen LogP contribution < -0.4 is 0 Å². The number of allylic oxidation sites excluding steroid dienone is 1. The van der Waals surface area contributed by atoms with Crippen molar-refractivity contribution in [1.82, 2.24) is 4.57 Å². The molecule has 0 bridgehead atoms. The highest BCUT2D eigenvalue weighted by Crippen LogP contribution is 2.27. The van der Waals surface area contributed by atoms with Gasteiger partial charge in [-0.25, -0.2) is 4.79 Å². The van der Waals surface area contributed by atoms with Crippen LogP contribution in [0.1, 0.15) is 28.2 Å². The summed E-state index contributed by atoms with van der Waals surface area (Å²) in [5.74, 6) is -0.887. The van der Waals surface area contributed by atoms with Crippen molar-refractivity contribution in [2.45, 2.75) is 12.8 Å². The molecule has 1 aliphatic carbocycles. The highest BCUT2D eigenvalue weighted by Gasteiger charge is 2.20. The summed E-state index contributed by atoms with van der Waals surface area (Å²) in [6.07, 6.45) is 5.99. The summed E-state index contributed by atoms with van der Waals surface area (Å²) in [4.78, 5) is 11.4. The maximum absolute atomic E-state index is 11.4. The Morgan fingerprint density at radius 2 is 2.00 bits per heavy atom. The zero-order valence-electron chi connectivity index (χ0n) is 9.84. The number of hydrogen-bond donors (Lipinski definition) is 1. The van der Waals surface area contributed by atoms with Crippen LogP contribution >= 0.6 is 0 Å². The monoisotopic (exact) mass is 239 g/mol. The highest BCUT2D eigenvalue weighted by molar-refractivity contribution is 5.88. The van der Waals surface area contributed by atoms with Crippen molar-refractivity contribution >= 4 is 12.0 Å². The van der Waals surface area contributed by atoms with E-state index in [1.807, 2.05) is 41.0 Å². The first-order valence-electron chi connectivity index (χ1n) is 5.97. The molecule has 3 nitrogen and oxygen atoms in total. The first-order valence-corrected chi connectivity index (χ1v) is 5.97. The van der Waals surface area contributed by atoms with Crippen molar-refractivity contribution in [3.63, 3.8) is 0 Å². The number of fused-ring (bicyclic) bond motifs is 1. The van der Waals surface area contributed by atoms with Gasteiger partial charge in [0.25, 0.3) is 0 Å². The Labute approximate surface area is 105 Å². The van der Waals surface area contributed by atoms with Gasteiger partial charge in [-0.3, -0.25) is 0 Å². The quantitative estimate of drug-likeness (QED) is 0.874. The van der Waals surface area contributed by atoms with Gasteiger partial charge in [-0.1, -0.05) is 24.3 Å². The molecule has 1 aromatic carbocycles. The van der Waals surface area contributed by atoms with Crippen molar-refractivity contribution in [2.75, 3.05) is 0 Å². The van der Waals surface area contributed by atoms with E-state index >= 15 is 0 Å². The molecular formula is C15H13NO2. The lowest BCUT2D eigenvalue weighted by Gasteiger charge is -2.12. The normalized spacial score (nSPS) is 13.3. The van der Waals surface area contributed by atoms with Crippen LogP contribution in [-0.4, -0.2) is 15.6 Å². The van der Waals surface area contributed by atoms with Gasteiger partial charge in [-0.15, -0.1) is 0 Å². The molecule has 0 aliphatic heterocycles. The molecule has 0 fully saturated rings. The van der Waals surface area contributed by atoms with E-state index < -0.39 is 5.97 Å². The number of nitrogens with zero attached hydrogens (tertiary/aromatic N) is 1. The second-order valence-electron chi connectivity index (χ2n) is 4.36. The topological polar surface area (TPSA) is 42.2 Å². The fourth-order valence-electron chi connectivity index (χ4n) is 2.41. The minimum Gasteiger partial charge on any atom is -0.477 e. The molecule has 0 unspecified atom stereocenters. The van der Waals surface area contributed by atoms with E-state index in [1.54, 1.807) is 6.07 Å². The minimum absolute atomic E-state index is 0.331. The van der Waals surface area contributed by atoms with Crippen molar-refractivity contribution < 1.29 is 9.90 Å². The summed E-state index contributed by atoms with van der Waals surface area (Å²) in [6.45, 7) is 0. The molecule has 18 heavy (non-hydrogen) atoms. The average Bonchev–Trinajstić information content (AvgIpc) is 2.79. The van der Waals surface area contributed by atoms with Gasteiger partial charge in [0, 0.05) is 11.4 Å². The van der Waals surface area contributed by atoms with E-state index in [2.05, 4.69) is 6.08 Å². The second-order valence-corrected chi connectivity index (χ2v) is 4.36. The maximum atomic E-state index is 11.4. The Balaban J connectivity index is 2.27. The zero-order valence-corrected chi connectivity index (χ0v) is 9.84. The van der Waals surface area contributed by atoms with Crippen molar-refractivity contribution in [3.05, 3.63) is 59.4 Å².